The van der Waals surface area contributed by atoms with Gasteiger partial charge in [0.1, 0.15) is 6.10 Å². The monoisotopic (exact) mass is 414 g/mol. The maximum absolute atomic E-state index is 12.9. The van der Waals surface area contributed by atoms with Crippen molar-refractivity contribution in [1.29, 1.82) is 0 Å². The van der Waals surface area contributed by atoms with Crippen LogP contribution in [0.5, 0.6) is 0 Å². The molecule has 158 valence electrons. The van der Waals surface area contributed by atoms with Crippen molar-refractivity contribution < 1.29 is 32.3 Å². The van der Waals surface area contributed by atoms with E-state index in [2.05, 4.69) is 0 Å². The average Bonchev–Trinajstić information content (AvgIpc) is 3.10. The van der Waals surface area contributed by atoms with Gasteiger partial charge < -0.3 is 14.2 Å². The standard InChI is InChI=1S/C20H31O7P/c1-3-24-28(21,25-4-2)27-19(22-15-17-11-7-5-8-12-17)18-16-23-20(26-18)13-9-6-10-14-20/h5,7-8,11-12,18-19H,3-4,6,9-10,13-16H2,1-2H3/t18-,19-/m1/s1. The lowest BCUT2D eigenvalue weighted by molar-refractivity contribution is -0.224. The summed E-state index contributed by atoms with van der Waals surface area (Å²) in [7, 11) is -3.76. The molecule has 1 saturated carbocycles. The molecule has 1 aromatic carbocycles. The van der Waals surface area contributed by atoms with Gasteiger partial charge >= 0.3 is 7.82 Å². The van der Waals surface area contributed by atoms with Crippen molar-refractivity contribution in [3.63, 3.8) is 0 Å². The van der Waals surface area contributed by atoms with Gasteiger partial charge in [0, 0.05) is 12.8 Å². The summed E-state index contributed by atoms with van der Waals surface area (Å²) >= 11 is 0. The first-order chi connectivity index (χ1) is 13.6. The first-order valence-electron chi connectivity index (χ1n) is 10.1. The average molecular weight is 414 g/mol. The minimum Gasteiger partial charge on any atom is -0.347 e. The first kappa shape index (κ1) is 21.9. The molecule has 0 N–H and O–H groups in total. The molecule has 1 aliphatic heterocycles. The Morgan fingerprint density at radius 2 is 1.79 bits per heavy atom. The van der Waals surface area contributed by atoms with Crippen molar-refractivity contribution in [3.8, 4) is 0 Å². The van der Waals surface area contributed by atoms with Crippen LogP contribution < -0.4 is 0 Å². The Morgan fingerprint density at radius 1 is 1.11 bits per heavy atom. The Labute approximate surface area is 167 Å². The van der Waals surface area contributed by atoms with Crippen molar-refractivity contribution in [1.82, 2.24) is 0 Å². The van der Waals surface area contributed by atoms with E-state index in [1.807, 2.05) is 30.3 Å². The third kappa shape index (κ3) is 5.86. The van der Waals surface area contributed by atoms with E-state index in [0.29, 0.717) is 6.61 Å². The van der Waals surface area contributed by atoms with E-state index in [-0.39, 0.29) is 19.8 Å². The van der Waals surface area contributed by atoms with E-state index in [4.69, 9.17) is 27.8 Å². The van der Waals surface area contributed by atoms with Gasteiger partial charge in [-0.25, -0.2) is 4.57 Å². The second-order valence-electron chi connectivity index (χ2n) is 6.99. The van der Waals surface area contributed by atoms with Gasteiger partial charge in [-0.15, -0.1) is 0 Å². The predicted molar refractivity (Wildman–Crippen MR) is 104 cm³/mol. The molecule has 1 saturated heterocycles. The van der Waals surface area contributed by atoms with Gasteiger partial charge in [-0.3, -0.25) is 13.6 Å². The van der Waals surface area contributed by atoms with Gasteiger partial charge in [0.15, 0.2) is 12.1 Å². The number of hydrogen-bond acceptors (Lipinski definition) is 7. The van der Waals surface area contributed by atoms with Crippen LogP contribution in [0.25, 0.3) is 0 Å². The maximum Gasteiger partial charge on any atom is 0.477 e. The Balaban J connectivity index is 1.71. The fourth-order valence-electron chi connectivity index (χ4n) is 3.56. The second kappa shape index (κ2) is 10.3. The molecule has 2 fully saturated rings. The SMILES string of the molecule is CCOP(=O)(OCC)O[C@@H](OCc1ccccc1)[C@H]1COC2(CCCCC2)O1. The van der Waals surface area contributed by atoms with Crippen LogP contribution >= 0.6 is 7.82 Å². The summed E-state index contributed by atoms with van der Waals surface area (Å²) in [6.07, 6.45) is 3.60. The molecular weight excluding hydrogens is 383 g/mol. The number of ether oxygens (including phenoxy) is 3. The number of phosphoric acid groups is 1. The van der Waals surface area contributed by atoms with Gasteiger partial charge in [0.25, 0.3) is 0 Å². The van der Waals surface area contributed by atoms with Crippen LogP contribution in [0.15, 0.2) is 30.3 Å². The third-order valence-electron chi connectivity index (χ3n) is 4.86. The Bertz CT molecular complexity index is 623. The Morgan fingerprint density at radius 3 is 2.43 bits per heavy atom. The highest BCUT2D eigenvalue weighted by Gasteiger charge is 2.47. The van der Waals surface area contributed by atoms with Crippen molar-refractivity contribution in [2.24, 2.45) is 0 Å². The molecule has 0 bridgehead atoms. The highest BCUT2D eigenvalue weighted by atomic mass is 31.2. The molecule has 1 spiro atoms. The molecule has 28 heavy (non-hydrogen) atoms. The summed E-state index contributed by atoms with van der Waals surface area (Å²) in [5, 5.41) is 0. The zero-order valence-electron chi connectivity index (χ0n) is 16.7. The quantitative estimate of drug-likeness (QED) is 0.402. The molecule has 2 atom stereocenters. The molecule has 3 rings (SSSR count). The Kier molecular flexibility index (Phi) is 8.06. The van der Waals surface area contributed by atoms with Gasteiger partial charge in [-0.1, -0.05) is 36.8 Å². The number of phosphoric ester groups is 1. The minimum atomic E-state index is -3.76. The molecule has 2 aliphatic rings. The van der Waals surface area contributed by atoms with Crippen LogP contribution in [-0.4, -0.2) is 38.0 Å². The van der Waals surface area contributed by atoms with Gasteiger partial charge in [0.05, 0.1) is 26.4 Å². The minimum absolute atomic E-state index is 0.203. The van der Waals surface area contributed by atoms with Crippen molar-refractivity contribution >= 4 is 7.82 Å². The lowest BCUT2D eigenvalue weighted by Gasteiger charge is -2.33. The lowest BCUT2D eigenvalue weighted by atomic mass is 9.94. The van der Waals surface area contributed by atoms with E-state index in [1.165, 1.54) is 6.42 Å². The number of benzene rings is 1. The lowest BCUT2D eigenvalue weighted by Crippen LogP contribution is -2.38. The fourth-order valence-corrected chi connectivity index (χ4v) is 4.84. The summed E-state index contributed by atoms with van der Waals surface area (Å²) < 4.78 is 47.4. The molecule has 0 aromatic heterocycles. The van der Waals surface area contributed by atoms with E-state index >= 15 is 0 Å². The van der Waals surface area contributed by atoms with Crippen LogP contribution in [0, 0.1) is 0 Å². The van der Waals surface area contributed by atoms with Crippen LogP contribution in [0.3, 0.4) is 0 Å². The molecule has 1 heterocycles. The smallest absolute Gasteiger partial charge is 0.347 e. The van der Waals surface area contributed by atoms with Crippen molar-refractivity contribution in [2.75, 3.05) is 19.8 Å². The summed E-state index contributed by atoms with van der Waals surface area (Å²) in [4.78, 5) is 0. The van der Waals surface area contributed by atoms with Crippen molar-refractivity contribution in [3.05, 3.63) is 35.9 Å². The van der Waals surface area contributed by atoms with Gasteiger partial charge in [-0.05, 0) is 32.3 Å². The highest BCUT2D eigenvalue weighted by molar-refractivity contribution is 7.48. The molecule has 0 amide bonds. The largest absolute Gasteiger partial charge is 0.477 e. The van der Waals surface area contributed by atoms with Gasteiger partial charge in [-0.2, -0.15) is 0 Å². The maximum atomic E-state index is 12.9. The normalized spacial score (nSPS) is 23.1. The summed E-state index contributed by atoms with van der Waals surface area (Å²) in [6.45, 7) is 4.49. The fraction of sp³-hybridized carbons (Fsp3) is 0.700. The van der Waals surface area contributed by atoms with Crippen LogP contribution in [0.2, 0.25) is 0 Å². The van der Waals surface area contributed by atoms with E-state index in [9.17, 15) is 4.57 Å². The molecule has 1 aliphatic carbocycles. The number of rotatable bonds is 10. The van der Waals surface area contributed by atoms with Crippen LogP contribution in [0.4, 0.5) is 0 Å². The zero-order valence-corrected chi connectivity index (χ0v) is 17.6. The van der Waals surface area contributed by atoms with E-state index in [1.54, 1.807) is 13.8 Å². The first-order valence-corrected chi connectivity index (χ1v) is 11.6. The molecular formula is C20H31O7P. The summed E-state index contributed by atoms with van der Waals surface area (Å²) in [6, 6.07) is 9.72. The molecule has 0 unspecified atom stereocenters. The summed E-state index contributed by atoms with van der Waals surface area (Å²) in [5.74, 6) is -0.581. The zero-order chi connectivity index (χ0) is 19.9. The molecule has 1 aromatic rings. The predicted octanol–water partition coefficient (Wildman–Crippen LogP) is 4.80. The number of hydrogen-bond donors (Lipinski definition) is 0. The highest BCUT2D eigenvalue weighted by Crippen LogP contribution is 2.52. The van der Waals surface area contributed by atoms with Crippen LogP contribution in [-0.2, 0) is 39.0 Å². The molecule has 8 heteroatoms. The van der Waals surface area contributed by atoms with Crippen molar-refractivity contribution in [2.45, 2.75) is 70.7 Å². The third-order valence-corrected chi connectivity index (χ3v) is 6.48. The Hall–Kier alpha value is -0.790. The van der Waals surface area contributed by atoms with Gasteiger partial charge in [0.2, 0.25) is 0 Å². The van der Waals surface area contributed by atoms with E-state index < -0.39 is 26.0 Å². The second-order valence-corrected chi connectivity index (χ2v) is 8.61. The van der Waals surface area contributed by atoms with E-state index in [0.717, 1.165) is 31.2 Å². The molecule has 0 radical (unpaired) electrons. The summed E-state index contributed by atoms with van der Waals surface area (Å²) in [5.41, 5.74) is 0.977. The topological polar surface area (TPSA) is 72.5 Å². The van der Waals surface area contributed by atoms with Crippen LogP contribution in [0.1, 0.15) is 51.5 Å². The molecule has 7 nitrogen and oxygen atoms in total.